The molecule has 2 atom stereocenters. The lowest BCUT2D eigenvalue weighted by Gasteiger charge is -2.26. The molecule has 0 heterocycles. The molecule has 0 aromatic rings. The fourth-order valence-electron chi connectivity index (χ4n) is 4.99. The molecule has 206 valence electrons. The maximum atomic E-state index is 6.46. The van der Waals surface area contributed by atoms with Crippen LogP contribution in [0.25, 0.3) is 0 Å². The Morgan fingerprint density at radius 2 is 0.853 bits per heavy atom. The van der Waals surface area contributed by atoms with E-state index < -0.39 is 17.6 Å². The van der Waals surface area contributed by atoms with Gasteiger partial charge in [-0.15, -0.1) is 0 Å². The van der Waals surface area contributed by atoms with Crippen molar-refractivity contribution in [1.29, 1.82) is 0 Å². The fraction of sp³-hybridized carbons (Fsp3) is 1.00. The maximum absolute atomic E-state index is 6.46. The van der Waals surface area contributed by atoms with Gasteiger partial charge in [0.25, 0.3) is 0 Å². The zero-order valence-corrected chi connectivity index (χ0v) is 28.0. The molecule has 0 aliphatic rings. The van der Waals surface area contributed by atoms with E-state index >= 15 is 0 Å². The van der Waals surface area contributed by atoms with E-state index in [4.69, 9.17) is 9.47 Å². The average molecular weight is 551 g/mol. The Morgan fingerprint density at radius 1 is 0.500 bits per heavy atom. The second-order valence-corrected chi connectivity index (χ2v) is 19.7. The van der Waals surface area contributed by atoms with Crippen LogP contribution in [0.5, 0.6) is 0 Å². The minimum absolute atomic E-state index is 0.622. The molecule has 0 fully saturated rings. The summed E-state index contributed by atoms with van der Waals surface area (Å²) in [6.07, 6.45) is 15.6. The molecule has 0 aromatic carbocycles. The summed E-state index contributed by atoms with van der Waals surface area (Å²) in [4.78, 5) is 0. The van der Waals surface area contributed by atoms with Crippen molar-refractivity contribution in [2.45, 2.75) is 154 Å². The minimum atomic E-state index is -0.756. The van der Waals surface area contributed by atoms with Crippen molar-refractivity contribution in [3.8, 4) is 0 Å². The van der Waals surface area contributed by atoms with Crippen molar-refractivity contribution >= 4 is 39.2 Å². The molecular weight excluding hydrogens is 489 g/mol. The van der Waals surface area contributed by atoms with Gasteiger partial charge in [-0.2, -0.15) is 0 Å². The van der Waals surface area contributed by atoms with Gasteiger partial charge in [-0.05, 0) is 38.5 Å². The molecule has 0 bridgehead atoms. The fourth-order valence-corrected chi connectivity index (χ4v) is 14.5. The molecule has 0 saturated carbocycles. The summed E-state index contributed by atoms with van der Waals surface area (Å²) < 4.78 is 12.9. The lowest BCUT2D eigenvalue weighted by Crippen LogP contribution is -2.33. The highest BCUT2D eigenvalue weighted by Crippen LogP contribution is 2.27. The highest BCUT2D eigenvalue weighted by molar-refractivity contribution is 8.76. The molecule has 0 radical (unpaired) electrons. The Balaban J connectivity index is 4.29. The van der Waals surface area contributed by atoms with Gasteiger partial charge in [0.05, 0.1) is 17.6 Å². The SMILES string of the molecule is CCCCOC(CCCSSCCCC(OCCCC)[SiH](CCC)CCC)[SiH](CCC)CCC. The predicted molar refractivity (Wildman–Crippen MR) is 167 cm³/mol. The number of hydrogen-bond acceptors (Lipinski definition) is 4. The number of unbranched alkanes of at least 4 members (excludes halogenated alkanes) is 2. The maximum Gasteiger partial charge on any atom is 0.0716 e. The first kappa shape index (κ1) is 35.1. The first-order valence-electron chi connectivity index (χ1n) is 15.2. The van der Waals surface area contributed by atoms with Crippen LogP contribution in [-0.2, 0) is 9.47 Å². The molecule has 2 unspecified atom stereocenters. The van der Waals surface area contributed by atoms with E-state index in [2.05, 4.69) is 63.1 Å². The summed E-state index contributed by atoms with van der Waals surface area (Å²) >= 11 is 0. The first-order chi connectivity index (χ1) is 16.7. The van der Waals surface area contributed by atoms with Crippen molar-refractivity contribution in [2.75, 3.05) is 24.7 Å². The van der Waals surface area contributed by atoms with Crippen molar-refractivity contribution in [3.05, 3.63) is 0 Å². The highest BCUT2D eigenvalue weighted by atomic mass is 33.1. The molecule has 0 rings (SSSR count). The van der Waals surface area contributed by atoms with Crippen molar-refractivity contribution in [2.24, 2.45) is 0 Å². The molecule has 0 saturated heterocycles. The van der Waals surface area contributed by atoms with Gasteiger partial charge in [0.15, 0.2) is 0 Å². The molecule has 0 aliphatic heterocycles. The Hall–Kier alpha value is 1.05. The van der Waals surface area contributed by atoms with Crippen LogP contribution in [0.3, 0.4) is 0 Å². The summed E-state index contributed by atoms with van der Waals surface area (Å²) in [6, 6.07) is 5.87. The van der Waals surface area contributed by atoms with Crippen LogP contribution in [0.2, 0.25) is 24.2 Å². The Labute approximate surface area is 226 Å². The Kier molecular flexibility index (Phi) is 27.9. The second kappa shape index (κ2) is 27.1. The van der Waals surface area contributed by atoms with Gasteiger partial charge in [0.2, 0.25) is 0 Å². The van der Waals surface area contributed by atoms with Crippen molar-refractivity contribution < 1.29 is 9.47 Å². The van der Waals surface area contributed by atoms with E-state index in [0.29, 0.717) is 11.5 Å². The van der Waals surface area contributed by atoms with E-state index in [1.54, 1.807) is 0 Å². The third-order valence-electron chi connectivity index (χ3n) is 6.87. The molecule has 0 amide bonds. The van der Waals surface area contributed by atoms with E-state index in [-0.39, 0.29) is 0 Å². The molecule has 34 heavy (non-hydrogen) atoms. The quantitative estimate of drug-likeness (QED) is 0.0575. The second-order valence-electron chi connectivity index (χ2n) is 10.1. The minimum Gasteiger partial charge on any atom is -0.382 e. The number of rotatable bonds is 27. The first-order valence-corrected chi connectivity index (χ1v) is 22.2. The van der Waals surface area contributed by atoms with Crippen LogP contribution >= 0.6 is 21.6 Å². The van der Waals surface area contributed by atoms with Gasteiger partial charge in [-0.25, -0.2) is 0 Å². The number of ether oxygens (including phenoxy) is 2. The van der Waals surface area contributed by atoms with Gasteiger partial charge in [0.1, 0.15) is 0 Å². The predicted octanol–water partition coefficient (Wildman–Crippen LogP) is 9.47. The van der Waals surface area contributed by atoms with E-state index in [1.807, 2.05) is 0 Å². The number of hydrogen-bond donors (Lipinski definition) is 0. The zero-order valence-electron chi connectivity index (χ0n) is 24.1. The molecule has 6 heteroatoms. The standard InChI is InChI=1S/C28H62O2S2Si2/c1-7-13-19-29-27(33(23-9-3)24-10-4)17-15-21-31-32-22-16-18-28(30-20-14-8-2)34(25-11-5)26-12-6/h27-28,33-34H,7-26H2,1-6H3. The topological polar surface area (TPSA) is 18.5 Å². The average Bonchev–Trinajstić information content (AvgIpc) is 2.83. The molecule has 0 N–H and O–H groups in total. The van der Waals surface area contributed by atoms with Gasteiger partial charge in [-0.3, -0.25) is 0 Å². The smallest absolute Gasteiger partial charge is 0.0716 e. The monoisotopic (exact) mass is 550 g/mol. The largest absolute Gasteiger partial charge is 0.382 e. The van der Waals surface area contributed by atoms with Crippen LogP contribution in [0.15, 0.2) is 0 Å². The summed E-state index contributed by atoms with van der Waals surface area (Å²) in [5.74, 6) is 2.58. The van der Waals surface area contributed by atoms with Gasteiger partial charge in [0, 0.05) is 36.2 Å². The summed E-state index contributed by atoms with van der Waals surface area (Å²) in [6.45, 7) is 16.0. The van der Waals surface area contributed by atoms with Crippen LogP contribution in [-0.4, -0.2) is 53.8 Å². The van der Waals surface area contributed by atoms with Gasteiger partial charge in [-0.1, -0.05) is 126 Å². The summed E-state index contributed by atoms with van der Waals surface area (Å²) in [5, 5.41) is 0. The van der Waals surface area contributed by atoms with Gasteiger partial charge >= 0.3 is 0 Å². The molecule has 2 nitrogen and oxygen atoms in total. The third kappa shape index (κ3) is 19.2. The van der Waals surface area contributed by atoms with Crippen LogP contribution in [0.1, 0.15) is 119 Å². The lowest BCUT2D eigenvalue weighted by molar-refractivity contribution is 0.0927. The van der Waals surface area contributed by atoms with E-state index in [0.717, 1.165) is 13.2 Å². The molecule has 0 aliphatic carbocycles. The van der Waals surface area contributed by atoms with Gasteiger partial charge < -0.3 is 9.47 Å². The Morgan fingerprint density at radius 3 is 1.15 bits per heavy atom. The summed E-state index contributed by atoms with van der Waals surface area (Å²) in [5.41, 5.74) is 1.24. The lowest BCUT2D eigenvalue weighted by atomic mass is 10.3. The van der Waals surface area contributed by atoms with Crippen LogP contribution < -0.4 is 0 Å². The molecule has 0 spiro atoms. The van der Waals surface area contributed by atoms with E-state index in [1.165, 1.54) is 113 Å². The van der Waals surface area contributed by atoms with E-state index in [9.17, 15) is 0 Å². The molecular formula is C28H62O2S2Si2. The van der Waals surface area contributed by atoms with Crippen LogP contribution in [0.4, 0.5) is 0 Å². The normalized spacial score (nSPS) is 13.8. The van der Waals surface area contributed by atoms with Crippen molar-refractivity contribution in [1.82, 2.24) is 0 Å². The zero-order chi connectivity index (χ0) is 25.3. The van der Waals surface area contributed by atoms with Crippen LogP contribution in [0, 0.1) is 0 Å². The molecule has 0 aromatic heterocycles. The Bertz CT molecular complexity index is 357. The third-order valence-corrected chi connectivity index (χ3v) is 17.9. The van der Waals surface area contributed by atoms with Crippen molar-refractivity contribution in [3.63, 3.8) is 0 Å². The summed E-state index contributed by atoms with van der Waals surface area (Å²) in [7, 11) is 2.71. The highest BCUT2D eigenvalue weighted by Gasteiger charge is 2.23.